The molecule has 0 radical (unpaired) electrons. The zero-order chi connectivity index (χ0) is 24.3. The molecule has 1 aliphatic rings. The fourth-order valence-corrected chi connectivity index (χ4v) is 6.51. The van der Waals surface area contributed by atoms with Gasteiger partial charge in [0.15, 0.2) is 0 Å². The van der Waals surface area contributed by atoms with E-state index in [0.717, 1.165) is 4.31 Å². The van der Waals surface area contributed by atoms with Crippen molar-refractivity contribution in [2.24, 2.45) is 5.92 Å². The fraction of sp³-hybridized carbons (Fsp3) is 0.154. The lowest BCUT2D eigenvalue weighted by Crippen LogP contribution is -2.47. The van der Waals surface area contributed by atoms with Crippen LogP contribution in [0, 0.1) is 5.92 Å². The third-order valence-corrected chi connectivity index (χ3v) is 8.11. The van der Waals surface area contributed by atoms with E-state index >= 15 is 0 Å². The highest BCUT2D eigenvalue weighted by atomic mass is 79.9. The van der Waals surface area contributed by atoms with Crippen LogP contribution in [0.3, 0.4) is 0 Å². The number of hydrogen-bond acceptors (Lipinski definition) is 5. The van der Waals surface area contributed by atoms with Crippen LogP contribution in [-0.2, 0) is 24.3 Å². The first-order valence-electron chi connectivity index (χ1n) is 10.7. The number of rotatable bonds is 6. The first-order chi connectivity index (χ1) is 16.4. The van der Waals surface area contributed by atoms with E-state index in [1.807, 2.05) is 0 Å². The molecular weight excluding hydrogens is 518 g/mol. The second-order valence-corrected chi connectivity index (χ2v) is 10.2. The Morgan fingerprint density at radius 3 is 2.00 bits per heavy atom. The van der Waals surface area contributed by atoms with E-state index in [9.17, 15) is 18.0 Å². The molecule has 174 valence electrons. The number of sulfonamides is 1. The molecule has 2 atom stereocenters. The van der Waals surface area contributed by atoms with Crippen LogP contribution in [0.15, 0.2) is 100 Å². The van der Waals surface area contributed by atoms with E-state index < -0.39 is 33.7 Å². The third-order valence-electron chi connectivity index (χ3n) is 5.53. The van der Waals surface area contributed by atoms with E-state index in [4.69, 9.17) is 4.74 Å². The topological polar surface area (TPSA) is 80.8 Å². The Morgan fingerprint density at radius 2 is 1.44 bits per heavy atom. The molecule has 3 aromatic rings. The number of hydrogen-bond donors (Lipinski definition) is 0. The van der Waals surface area contributed by atoms with Crippen molar-refractivity contribution in [3.05, 3.63) is 107 Å². The Balaban J connectivity index is 2.03. The van der Waals surface area contributed by atoms with Crippen LogP contribution in [-0.4, -0.2) is 31.2 Å². The van der Waals surface area contributed by atoms with Gasteiger partial charge in [-0.05, 0) is 24.6 Å². The predicted octanol–water partition coefficient (Wildman–Crippen LogP) is 4.94. The molecule has 0 saturated heterocycles. The first-order valence-corrected chi connectivity index (χ1v) is 12.9. The molecule has 0 unspecified atom stereocenters. The number of halogens is 1. The SMILES string of the molecule is CCOC(=O)[C@H]1C(Br)=C(c2ccccc2)N(S(=O)(=O)c2ccccc2)C(=O)[C@@H]1c1ccccc1. The van der Waals surface area contributed by atoms with Crippen molar-refractivity contribution in [3.63, 3.8) is 0 Å². The molecule has 1 heterocycles. The number of nitrogens with zero attached hydrogens (tertiary/aromatic N) is 1. The summed E-state index contributed by atoms with van der Waals surface area (Å²) in [6.45, 7) is 1.81. The Morgan fingerprint density at radius 1 is 0.912 bits per heavy atom. The van der Waals surface area contributed by atoms with Crippen LogP contribution in [0.1, 0.15) is 24.0 Å². The van der Waals surface area contributed by atoms with Gasteiger partial charge in [-0.15, -0.1) is 0 Å². The summed E-state index contributed by atoms with van der Waals surface area (Å²) >= 11 is 3.52. The van der Waals surface area contributed by atoms with Crippen molar-refractivity contribution in [2.45, 2.75) is 17.7 Å². The van der Waals surface area contributed by atoms with Gasteiger partial charge in [0.2, 0.25) is 5.91 Å². The molecule has 1 aliphatic heterocycles. The highest BCUT2D eigenvalue weighted by molar-refractivity contribution is 9.11. The van der Waals surface area contributed by atoms with Crippen LogP contribution in [0.5, 0.6) is 0 Å². The molecule has 8 heteroatoms. The highest BCUT2D eigenvalue weighted by Gasteiger charge is 2.50. The second-order valence-electron chi connectivity index (χ2n) is 7.60. The summed E-state index contributed by atoms with van der Waals surface area (Å²) < 4.78 is 34.1. The minimum absolute atomic E-state index is 0.0292. The summed E-state index contributed by atoms with van der Waals surface area (Å²) in [6, 6.07) is 25.1. The van der Waals surface area contributed by atoms with Gasteiger partial charge in [0, 0.05) is 10.0 Å². The molecule has 0 spiro atoms. The van der Waals surface area contributed by atoms with Crippen molar-refractivity contribution in [2.75, 3.05) is 6.61 Å². The molecule has 0 fully saturated rings. The molecule has 0 saturated carbocycles. The number of esters is 1. The number of benzene rings is 3. The van der Waals surface area contributed by atoms with Crippen LogP contribution in [0.4, 0.5) is 0 Å². The van der Waals surface area contributed by atoms with Gasteiger partial charge in [0.25, 0.3) is 10.0 Å². The number of carbonyl (C=O) groups excluding carboxylic acids is 2. The fourth-order valence-electron chi connectivity index (χ4n) is 4.02. The second kappa shape index (κ2) is 9.95. The number of ether oxygens (including phenoxy) is 1. The lowest BCUT2D eigenvalue weighted by Gasteiger charge is -2.38. The van der Waals surface area contributed by atoms with Crippen molar-refractivity contribution in [1.82, 2.24) is 4.31 Å². The third kappa shape index (κ3) is 4.31. The lowest BCUT2D eigenvalue weighted by atomic mass is 9.81. The van der Waals surface area contributed by atoms with Gasteiger partial charge in [0.1, 0.15) is 5.92 Å². The zero-order valence-corrected chi connectivity index (χ0v) is 20.7. The Bertz CT molecular complexity index is 1330. The summed E-state index contributed by atoms with van der Waals surface area (Å²) in [5.74, 6) is -3.48. The van der Waals surface area contributed by atoms with Crippen LogP contribution >= 0.6 is 15.9 Å². The van der Waals surface area contributed by atoms with Gasteiger partial charge in [-0.25, -0.2) is 12.7 Å². The summed E-state index contributed by atoms with van der Waals surface area (Å²) in [5.41, 5.74) is 1.09. The number of amides is 1. The van der Waals surface area contributed by atoms with Crippen molar-refractivity contribution < 1.29 is 22.7 Å². The minimum atomic E-state index is -4.30. The van der Waals surface area contributed by atoms with Gasteiger partial charge in [0.05, 0.1) is 23.1 Å². The molecular formula is C26H22BrNO5S. The Kier molecular flexibility index (Phi) is 7.00. The van der Waals surface area contributed by atoms with Gasteiger partial charge < -0.3 is 4.74 Å². The lowest BCUT2D eigenvalue weighted by molar-refractivity contribution is -0.150. The van der Waals surface area contributed by atoms with Crippen LogP contribution < -0.4 is 0 Å². The zero-order valence-electron chi connectivity index (χ0n) is 18.3. The van der Waals surface area contributed by atoms with Crippen LogP contribution in [0.25, 0.3) is 5.70 Å². The smallest absolute Gasteiger partial charge is 0.315 e. The summed E-state index contributed by atoms with van der Waals surface area (Å²) in [4.78, 5) is 27.2. The van der Waals surface area contributed by atoms with E-state index in [0.29, 0.717) is 11.1 Å². The summed E-state index contributed by atoms with van der Waals surface area (Å²) in [7, 11) is -4.30. The monoisotopic (exact) mass is 539 g/mol. The van der Waals surface area contributed by atoms with Crippen LogP contribution in [0.2, 0.25) is 0 Å². The van der Waals surface area contributed by atoms with Gasteiger partial charge in [-0.2, -0.15) is 0 Å². The standard InChI is InChI=1S/C26H22BrNO5S/c1-2-33-26(30)22-21(18-12-6-3-7-13-18)25(29)28(34(31,32)20-16-10-5-11-17-20)24(23(22)27)19-14-8-4-9-15-19/h3-17,21-22H,2H2,1H3/t21-,22-/m1/s1. The number of carbonyl (C=O) groups is 2. The van der Waals surface area contributed by atoms with E-state index in [1.54, 1.807) is 85.8 Å². The van der Waals surface area contributed by atoms with Crippen molar-refractivity contribution >= 4 is 43.5 Å². The van der Waals surface area contributed by atoms with E-state index in [1.165, 1.54) is 12.1 Å². The summed E-state index contributed by atoms with van der Waals surface area (Å²) in [5, 5.41) is 0. The van der Waals surface area contributed by atoms with E-state index in [2.05, 4.69) is 15.9 Å². The maximum Gasteiger partial charge on any atom is 0.315 e. The van der Waals surface area contributed by atoms with Crippen molar-refractivity contribution in [1.29, 1.82) is 0 Å². The maximum absolute atomic E-state index is 14.1. The Hall–Kier alpha value is -3.23. The van der Waals surface area contributed by atoms with Gasteiger partial charge in [-0.1, -0.05) is 94.8 Å². The molecule has 6 nitrogen and oxygen atoms in total. The molecule has 4 rings (SSSR count). The average Bonchev–Trinajstić information content (AvgIpc) is 2.86. The molecule has 3 aromatic carbocycles. The minimum Gasteiger partial charge on any atom is -0.465 e. The average molecular weight is 540 g/mol. The largest absolute Gasteiger partial charge is 0.465 e. The predicted molar refractivity (Wildman–Crippen MR) is 132 cm³/mol. The molecule has 0 aliphatic carbocycles. The van der Waals surface area contributed by atoms with Gasteiger partial charge in [-0.3, -0.25) is 9.59 Å². The first kappa shape index (κ1) is 23.9. The van der Waals surface area contributed by atoms with Gasteiger partial charge >= 0.3 is 5.97 Å². The maximum atomic E-state index is 14.1. The molecule has 34 heavy (non-hydrogen) atoms. The molecule has 0 N–H and O–H groups in total. The highest BCUT2D eigenvalue weighted by Crippen LogP contribution is 2.47. The van der Waals surface area contributed by atoms with Crippen molar-refractivity contribution in [3.8, 4) is 0 Å². The molecule has 0 aromatic heterocycles. The molecule has 0 bridgehead atoms. The quantitative estimate of drug-likeness (QED) is 0.414. The molecule has 1 amide bonds. The summed E-state index contributed by atoms with van der Waals surface area (Å²) in [6.07, 6.45) is 0. The normalized spacial score (nSPS) is 18.6. The Labute approximate surface area is 207 Å². The van der Waals surface area contributed by atoms with E-state index in [-0.39, 0.29) is 21.7 Å².